The maximum atomic E-state index is 13.5. The smallest absolute Gasteiger partial charge is 0.159 e. The predicted octanol–water partition coefficient (Wildman–Crippen LogP) is 9.41. The molecule has 0 N–H and O–H groups in total. The van der Waals surface area contributed by atoms with Crippen LogP contribution in [0.5, 0.6) is 0 Å². The third-order valence-electron chi connectivity index (χ3n) is 8.19. The third kappa shape index (κ3) is 5.69. The minimum absolute atomic E-state index is 0.688. The predicted molar refractivity (Wildman–Crippen MR) is 131 cm³/mol. The van der Waals surface area contributed by atoms with Gasteiger partial charge in [0.15, 0.2) is 11.6 Å². The Morgan fingerprint density at radius 3 is 2.03 bits per heavy atom. The molecule has 0 saturated heterocycles. The highest BCUT2D eigenvalue weighted by Gasteiger charge is 2.31. The van der Waals surface area contributed by atoms with Gasteiger partial charge in [-0.25, -0.2) is 8.78 Å². The van der Waals surface area contributed by atoms with Crippen molar-refractivity contribution in [1.82, 2.24) is 0 Å². The SMILES string of the molecule is CCCC1CCC(C2CCC(c3ccc(C=C(C)c4ccc(F)c(F)c4)cc3)CC2)CC1. The van der Waals surface area contributed by atoms with E-state index in [0.717, 1.165) is 34.5 Å². The monoisotopic (exact) mass is 436 g/mol. The van der Waals surface area contributed by atoms with Crippen molar-refractivity contribution in [3.8, 4) is 0 Å². The lowest BCUT2D eigenvalue weighted by molar-refractivity contribution is 0.156. The van der Waals surface area contributed by atoms with Crippen LogP contribution in [0.15, 0.2) is 42.5 Å². The van der Waals surface area contributed by atoms with Gasteiger partial charge in [0.2, 0.25) is 0 Å². The molecule has 0 amide bonds. The summed E-state index contributed by atoms with van der Waals surface area (Å²) < 4.78 is 26.7. The molecule has 172 valence electrons. The van der Waals surface area contributed by atoms with E-state index in [9.17, 15) is 8.78 Å². The maximum absolute atomic E-state index is 13.5. The molecular formula is C30H38F2. The first kappa shape index (κ1) is 23.2. The molecule has 0 atom stereocenters. The summed E-state index contributed by atoms with van der Waals surface area (Å²) in [6.45, 7) is 4.27. The van der Waals surface area contributed by atoms with Crippen LogP contribution < -0.4 is 0 Å². The highest BCUT2D eigenvalue weighted by atomic mass is 19.2. The molecule has 32 heavy (non-hydrogen) atoms. The van der Waals surface area contributed by atoms with E-state index in [4.69, 9.17) is 0 Å². The molecule has 4 rings (SSSR count). The van der Waals surface area contributed by atoms with Gasteiger partial charge in [0, 0.05) is 0 Å². The van der Waals surface area contributed by atoms with Gasteiger partial charge in [0.25, 0.3) is 0 Å². The van der Waals surface area contributed by atoms with Gasteiger partial charge in [-0.3, -0.25) is 0 Å². The minimum atomic E-state index is -0.801. The van der Waals surface area contributed by atoms with E-state index in [1.165, 1.54) is 81.9 Å². The molecule has 2 aliphatic rings. The Labute approximate surface area is 193 Å². The fraction of sp³-hybridized carbons (Fsp3) is 0.533. The van der Waals surface area contributed by atoms with Crippen molar-refractivity contribution >= 4 is 11.6 Å². The summed E-state index contributed by atoms with van der Waals surface area (Å²) in [4.78, 5) is 0. The van der Waals surface area contributed by atoms with Crippen molar-refractivity contribution in [2.75, 3.05) is 0 Å². The van der Waals surface area contributed by atoms with E-state index in [2.05, 4.69) is 31.2 Å². The second-order valence-corrected chi connectivity index (χ2v) is 10.3. The molecule has 2 aliphatic carbocycles. The lowest BCUT2D eigenvalue weighted by Gasteiger charge is -2.38. The van der Waals surface area contributed by atoms with E-state index < -0.39 is 11.6 Å². The van der Waals surface area contributed by atoms with Crippen LogP contribution in [0.2, 0.25) is 0 Å². The van der Waals surface area contributed by atoms with Crippen LogP contribution in [-0.4, -0.2) is 0 Å². The molecule has 2 heteroatoms. The van der Waals surface area contributed by atoms with Crippen LogP contribution in [0.4, 0.5) is 8.78 Å². The van der Waals surface area contributed by atoms with E-state index in [1.54, 1.807) is 6.07 Å². The molecule has 0 heterocycles. The Hall–Kier alpha value is -1.96. The number of rotatable bonds is 6. The first-order chi connectivity index (χ1) is 15.5. The van der Waals surface area contributed by atoms with Crippen molar-refractivity contribution in [3.63, 3.8) is 0 Å². The van der Waals surface area contributed by atoms with Gasteiger partial charge < -0.3 is 0 Å². The lowest BCUT2D eigenvalue weighted by Crippen LogP contribution is -2.25. The fourth-order valence-corrected chi connectivity index (χ4v) is 6.22. The average molecular weight is 437 g/mol. The van der Waals surface area contributed by atoms with Crippen LogP contribution in [0.1, 0.15) is 101 Å². The second-order valence-electron chi connectivity index (χ2n) is 10.3. The van der Waals surface area contributed by atoms with Gasteiger partial charge in [-0.1, -0.05) is 69.0 Å². The first-order valence-corrected chi connectivity index (χ1v) is 12.8. The molecule has 0 nitrogen and oxygen atoms in total. The van der Waals surface area contributed by atoms with E-state index in [0.29, 0.717) is 5.92 Å². The summed E-state index contributed by atoms with van der Waals surface area (Å²) in [5, 5.41) is 0. The quantitative estimate of drug-likeness (QED) is 0.396. The minimum Gasteiger partial charge on any atom is -0.204 e. The van der Waals surface area contributed by atoms with Crippen molar-refractivity contribution in [2.24, 2.45) is 17.8 Å². The Kier molecular flexibility index (Phi) is 7.81. The zero-order valence-electron chi connectivity index (χ0n) is 19.8. The Bertz CT molecular complexity index is 895. The van der Waals surface area contributed by atoms with Crippen LogP contribution in [0, 0.1) is 29.4 Å². The summed E-state index contributed by atoms with van der Waals surface area (Å²) in [6, 6.07) is 13.0. The lowest BCUT2D eigenvalue weighted by atomic mass is 9.68. The second kappa shape index (κ2) is 10.8. The van der Waals surface area contributed by atoms with E-state index in [1.807, 2.05) is 13.0 Å². The van der Waals surface area contributed by atoms with E-state index in [-0.39, 0.29) is 0 Å². The third-order valence-corrected chi connectivity index (χ3v) is 8.19. The normalized spacial score (nSPS) is 26.8. The highest BCUT2D eigenvalue weighted by Crippen LogP contribution is 2.44. The Balaban J connectivity index is 1.31. The summed E-state index contributed by atoms with van der Waals surface area (Å²) in [5.74, 6) is 2.03. The van der Waals surface area contributed by atoms with Gasteiger partial charge in [0.05, 0.1) is 0 Å². The number of halogens is 2. The number of hydrogen-bond acceptors (Lipinski definition) is 0. The molecule has 2 fully saturated rings. The topological polar surface area (TPSA) is 0 Å². The molecule has 0 spiro atoms. The largest absolute Gasteiger partial charge is 0.204 e. The Morgan fingerprint density at radius 1 is 0.812 bits per heavy atom. The van der Waals surface area contributed by atoms with Crippen LogP contribution in [0.25, 0.3) is 11.6 Å². The highest BCUT2D eigenvalue weighted by molar-refractivity contribution is 5.80. The van der Waals surface area contributed by atoms with Crippen LogP contribution >= 0.6 is 0 Å². The molecule has 2 saturated carbocycles. The average Bonchev–Trinajstić information content (AvgIpc) is 2.82. The van der Waals surface area contributed by atoms with Crippen molar-refractivity contribution in [3.05, 3.63) is 70.8 Å². The fourth-order valence-electron chi connectivity index (χ4n) is 6.22. The van der Waals surface area contributed by atoms with E-state index >= 15 is 0 Å². The molecule has 2 aromatic carbocycles. The zero-order chi connectivity index (χ0) is 22.5. The zero-order valence-corrected chi connectivity index (χ0v) is 19.8. The maximum Gasteiger partial charge on any atom is 0.159 e. The van der Waals surface area contributed by atoms with Crippen molar-refractivity contribution in [1.29, 1.82) is 0 Å². The summed E-state index contributed by atoms with van der Waals surface area (Å²) in [5.41, 5.74) is 4.21. The van der Waals surface area contributed by atoms with Crippen LogP contribution in [-0.2, 0) is 0 Å². The van der Waals surface area contributed by atoms with Gasteiger partial charge in [-0.2, -0.15) is 0 Å². The number of hydrogen-bond donors (Lipinski definition) is 0. The summed E-state index contributed by atoms with van der Waals surface area (Å²) in [7, 11) is 0. The van der Waals surface area contributed by atoms with Crippen molar-refractivity contribution in [2.45, 2.75) is 84.0 Å². The Morgan fingerprint density at radius 2 is 1.44 bits per heavy atom. The standard InChI is InChI=1S/C30H38F2/c1-3-4-22-5-9-24(10-6-22)26-13-15-27(16-14-26)25-11-7-23(8-12-25)19-21(2)28-17-18-29(31)30(32)20-28/h7-8,11-12,17-20,22,24,26-27H,3-6,9-10,13-16H2,1-2H3. The molecular weight excluding hydrogens is 398 g/mol. The molecule has 0 bridgehead atoms. The van der Waals surface area contributed by atoms with Crippen molar-refractivity contribution < 1.29 is 8.78 Å². The molecule has 0 unspecified atom stereocenters. The van der Waals surface area contributed by atoms with Gasteiger partial charge in [0.1, 0.15) is 0 Å². The molecule has 0 aliphatic heterocycles. The molecule has 2 aromatic rings. The summed E-state index contributed by atoms with van der Waals surface area (Å²) in [6.07, 6.45) is 16.1. The summed E-state index contributed by atoms with van der Waals surface area (Å²) >= 11 is 0. The van der Waals surface area contributed by atoms with Crippen LogP contribution in [0.3, 0.4) is 0 Å². The molecule has 0 radical (unpaired) electrons. The first-order valence-electron chi connectivity index (χ1n) is 12.8. The van der Waals surface area contributed by atoms with Gasteiger partial charge in [-0.05, 0) is 104 Å². The van der Waals surface area contributed by atoms with Gasteiger partial charge in [-0.15, -0.1) is 0 Å². The van der Waals surface area contributed by atoms with Gasteiger partial charge >= 0.3 is 0 Å². The molecule has 0 aromatic heterocycles. The number of allylic oxidation sites excluding steroid dienone is 1. The number of benzene rings is 2.